The second-order valence-electron chi connectivity index (χ2n) is 4.47. The highest BCUT2D eigenvalue weighted by Crippen LogP contribution is 2.18. The van der Waals surface area contributed by atoms with E-state index in [9.17, 15) is 0 Å². The predicted octanol–water partition coefficient (Wildman–Crippen LogP) is 4.55. The van der Waals surface area contributed by atoms with Crippen molar-refractivity contribution in [1.82, 2.24) is 5.32 Å². The van der Waals surface area contributed by atoms with Crippen molar-refractivity contribution >= 4 is 23.2 Å². The number of hydrogen-bond donors (Lipinski definition) is 1. The van der Waals surface area contributed by atoms with E-state index in [4.69, 9.17) is 27.9 Å². The van der Waals surface area contributed by atoms with Gasteiger partial charge >= 0.3 is 0 Å². The molecule has 2 aromatic carbocycles. The molecule has 0 aromatic heterocycles. The van der Waals surface area contributed by atoms with Gasteiger partial charge in [-0.25, -0.2) is 0 Å². The number of nitrogens with one attached hydrogen (secondary N) is 1. The van der Waals surface area contributed by atoms with Gasteiger partial charge in [0.1, 0.15) is 5.75 Å². The maximum Gasteiger partial charge on any atom is 0.119 e. The molecule has 106 valence electrons. The van der Waals surface area contributed by atoms with Crippen LogP contribution >= 0.6 is 23.2 Å². The van der Waals surface area contributed by atoms with Crippen molar-refractivity contribution in [1.29, 1.82) is 0 Å². The summed E-state index contributed by atoms with van der Waals surface area (Å²) in [6.45, 7) is 2.34. The van der Waals surface area contributed by atoms with E-state index >= 15 is 0 Å². The van der Waals surface area contributed by atoms with E-state index in [0.717, 1.165) is 30.8 Å². The fourth-order valence-corrected chi connectivity index (χ4v) is 2.42. The number of ether oxygens (including phenoxy) is 1. The molecule has 0 atom stereocenters. The molecule has 2 aromatic rings. The van der Waals surface area contributed by atoms with E-state index in [0.29, 0.717) is 16.7 Å². The summed E-state index contributed by atoms with van der Waals surface area (Å²) in [4.78, 5) is 0. The molecule has 0 radical (unpaired) electrons. The lowest BCUT2D eigenvalue weighted by atomic mass is 10.2. The van der Waals surface area contributed by atoms with Gasteiger partial charge in [-0.2, -0.15) is 0 Å². The van der Waals surface area contributed by atoms with Gasteiger partial charge in [-0.15, -0.1) is 0 Å². The molecule has 0 amide bonds. The van der Waals surface area contributed by atoms with E-state index in [-0.39, 0.29) is 0 Å². The first kappa shape index (κ1) is 15.2. The average Bonchev–Trinajstić information content (AvgIpc) is 2.43. The third-order valence-corrected chi connectivity index (χ3v) is 3.20. The first-order valence-electron chi connectivity index (χ1n) is 6.57. The van der Waals surface area contributed by atoms with Gasteiger partial charge in [-0.1, -0.05) is 41.4 Å². The standard InChI is InChI=1S/C16H17Cl2NO/c17-14-9-13(10-15(18)11-14)12-19-7-4-8-20-16-5-2-1-3-6-16/h1-3,5-6,9-11,19H,4,7-8,12H2. The van der Waals surface area contributed by atoms with Crippen LogP contribution in [0.3, 0.4) is 0 Å². The van der Waals surface area contributed by atoms with Crippen LogP contribution in [-0.2, 0) is 6.54 Å². The van der Waals surface area contributed by atoms with Crippen LogP contribution in [0.25, 0.3) is 0 Å². The maximum atomic E-state index is 5.95. The monoisotopic (exact) mass is 309 g/mol. The lowest BCUT2D eigenvalue weighted by Gasteiger charge is -2.08. The van der Waals surface area contributed by atoms with Gasteiger partial charge in [0.05, 0.1) is 6.61 Å². The minimum absolute atomic E-state index is 0.668. The van der Waals surface area contributed by atoms with Gasteiger partial charge in [-0.05, 0) is 48.9 Å². The zero-order valence-corrected chi connectivity index (χ0v) is 12.6. The molecule has 4 heteroatoms. The minimum atomic E-state index is 0.668. The molecular formula is C16H17Cl2NO. The number of para-hydroxylation sites is 1. The largest absolute Gasteiger partial charge is 0.494 e. The first-order valence-corrected chi connectivity index (χ1v) is 7.33. The summed E-state index contributed by atoms with van der Waals surface area (Å²) in [7, 11) is 0. The Labute approximate surface area is 129 Å². The molecule has 2 nitrogen and oxygen atoms in total. The molecule has 0 bridgehead atoms. The normalized spacial score (nSPS) is 10.5. The van der Waals surface area contributed by atoms with E-state index in [1.165, 1.54) is 0 Å². The Morgan fingerprint density at radius 2 is 1.65 bits per heavy atom. The van der Waals surface area contributed by atoms with Crippen molar-refractivity contribution in [2.45, 2.75) is 13.0 Å². The molecule has 0 aliphatic carbocycles. The van der Waals surface area contributed by atoms with Crippen LogP contribution in [0.2, 0.25) is 10.0 Å². The van der Waals surface area contributed by atoms with E-state index in [2.05, 4.69) is 5.32 Å². The first-order chi connectivity index (χ1) is 9.74. The van der Waals surface area contributed by atoms with E-state index < -0.39 is 0 Å². The summed E-state index contributed by atoms with van der Waals surface area (Å²) >= 11 is 11.9. The summed E-state index contributed by atoms with van der Waals surface area (Å²) in [6.07, 6.45) is 0.948. The Bertz CT molecular complexity index is 511. The van der Waals surface area contributed by atoms with Crippen molar-refractivity contribution in [3.63, 3.8) is 0 Å². The topological polar surface area (TPSA) is 21.3 Å². The van der Waals surface area contributed by atoms with Gasteiger partial charge in [0.15, 0.2) is 0 Å². The molecule has 0 saturated heterocycles. The lowest BCUT2D eigenvalue weighted by Crippen LogP contribution is -2.17. The number of halogens is 2. The van der Waals surface area contributed by atoms with Gasteiger partial charge < -0.3 is 10.1 Å². The Hall–Kier alpha value is -1.22. The van der Waals surface area contributed by atoms with Crippen molar-refractivity contribution in [3.05, 3.63) is 64.1 Å². The van der Waals surface area contributed by atoms with Crippen molar-refractivity contribution in [2.24, 2.45) is 0 Å². The second-order valence-corrected chi connectivity index (χ2v) is 5.34. The molecule has 0 spiro atoms. The SMILES string of the molecule is Clc1cc(Cl)cc(CNCCCOc2ccccc2)c1. The molecule has 0 heterocycles. The van der Waals surface area contributed by atoms with Gasteiger partial charge in [-0.3, -0.25) is 0 Å². The van der Waals surface area contributed by atoms with E-state index in [1.54, 1.807) is 6.07 Å². The minimum Gasteiger partial charge on any atom is -0.494 e. The summed E-state index contributed by atoms with van der Waals surface area (Å²) in [6, 6.07) is 15.4. The van der Waals surface area contributed by atoms with Crippen LogP contribution in [0.15, 0.2) is 48.5 Å². The fraction of sp³-hybridized carbons (Fsp3) is 0.250. The van der Waals surface area contributed by atoms with Crippen molar-refractivity contribution in [3.8, 4) is 5.75 Å². The average molecular weight is 310 g/mol. The molecule has 0 aliphatic heterocycles. The van der Waals surface area contributed by atoms with Crippen LogP contribution in [0.1, 0.15) is 12.0 Å². The van der Waals surface area contributed by atoms with Gasteiger partial charge in [0.2, 0.25) is 0 Å². The number of hydrogen-bond acceptors (Lipinski definition) is 2. The highest BCUT2D eigenvalue weighted by atomic mass is 35.5. The quantitative estimate of drug-likeness (QED) is 0.757. The third kappa shape index (κ3) is 5.41. The number of benzene rings is 2. The van der Waals surface area contributed by atoms with Crippen LogP contribution < -0.4 is 10.1 Å². The second kappa shape index (κ2) is 8.15. The summed E-state index contributed by atoms with van der Waals surface area (Å²) < 4.78 is 5.61. The zero-order valence-electron chi connectivity index (χ0n) is 11.1. The van der Waals surface area contributed by atoms with Crippen molar-refractivity contribution in [2.75, 3.05) is 13.2 Å². The van der Waals surface area contributed by atoms with Crippen LogP contribution in [0.5, 0.6) is 5.75 Å². The Morgan fingerprint density at radius 3 is 2.35 bits per heavy atom. The third-order valence-electron chi connectivity index (χ3n) is 2.76. The highest BCUT2D eigenvalue weighted by molar-refractivity contribution is 6.34. The zero-order chi connectivity index (χ0) is 14.2. The van der Waals surface area contributed by atoms with Crippen molar-refractivity contribution < 1.29 is 4.74 Å². The fourth-order valence-electron chi connectivity index (χ4n) is 1.85. The van der Waals surface area contributed by atoms with Gasteiger partial charge in [0, 0.05) is 16.6 Å². The molecule has 1 N–H and O–H groups in total. The molecule has 0 fully saturated rings. The molecular weight excluding hydrogens is 293 g/mol. The molecule has 0 saturated carbocycles. The number of rotatable bonds is 7. The van der Waals surface area contributed by atoms with Crippen LogP contribution in [-0.4, -0.2) is 13.2 Å². The predicted molar refractivity (Wildman–Crippen MR) is 84.7 cm³/mol. The molecule has 0 aliphatic rings. The molecule has 20 heavy (non-hydrogen) atoms. The van der Waals surface area contributed by atoms with Crippen LogP contribution in [0.4, 0.5) is 0 Å². The Morgan fingerprint density at radius 1 is 0.950 bits per heavy atom. The Kier molecular flexibility index (Phi) is 6.19. The lowest BCUT2D eigenvalue weighted by molar-refractivity contribution is 0.308. The van der Waals surface area contributed by atoms with Gasteiger partial charge in [0.25, 0.3) is 0 Å². The molecule has 0 unspecified atom stereocenters. The summed E-state index contributed by atoms with van der Waals surface area (Å²) in [5.41, 5.74) is 1.09. The summed E-state index contributed by atoms with van der Waals surface area (Å²) in [5, 5.41) is 4.68. The summed E-state index contributed by atoms with van der Waals surface area (Å²) in [5.74, 6) is 0.911. The molecule has 2 rings (SSSR count). The maximum absolute atomic E-state index is 5.95. The Balaban J connectivity index is 1.62. The van der Waals surface area contributed by atoms with Crippen LogP contribution in [0, 0.1) is 0 Å². The highest BCUT2D eigenvalue weighted by Gasteiger charge is 1.98. The smallest absolute Gasteiger partial charge is 0.119 e. The van der Waals surface area contributed by atoms with E-state index in [1.807, 2.05) is 42.5 Å².